The molecule has 4 heteroatoms. The Morgan fingerprint density at radius 1 is 1.31 bits per heavy atom. The highest BCUT2D eigenvalue weighted by atomic mass is 32.1. The Hall–Kier alpha value is -1.00. The second-order valence-corrected chi connectivity index (χ2v) is 3.77. The fraction of sp³-hybridized carbons (Fsp3) is 0.111. The molecule has 0 aliphatic rings. The van der Waals surface area contributed by atoms with Gasteiger partial charge in [0.2, 0.25) is 0 Å². The number of benzene rings is 1. The van der Waals surface area contributed by atoms with E-state index in [9.17, 15) is 8.78 Å². The van der Waals surface area contributed by atoms with Gasteiger partial charge in [-0.25, -0.2) is 8.78 Å². The van der Waals surface area contributed by atoms with E-state index < -0.39 is 11.6 Å². The first-order chi connectivity index (χ1) is 6.22. The molecule has 13 heavy (non-hydrogen) atoms. The minimum Gasteiger partial charge on any atom is -0.391 e. The molecular weight excluding hydrogens is 194 g/mol. The van der Waals surface area contributed by atoms with Crippen molar-refractivity contribution < 1.29 is 13.9 Å². The zero-order valence-corrected chi connectivity index (χ0v) is 7.37. The molecule has 68 valence electrons. The van der Waals surface area contributed by atoms with E-state index in [4.69, 9.17) is 5.11 Å². The van der Waals surface area contributed by atoms with Crippen molar-refractivity contribution in [1.29, 1.82) is 0 Å². The topological polar surface area (TPSA) is 20.2 Å². The van der Waals surface area contributed by atoms with Crippen molar-refractivity contribution in [2.75, 3.05) is 0 Å². The van der Waals surface area contributed by atoms with Gasteiger partial charge in [0, 0.05) is 10.1 Å². The first kappa shape index (κ1) is 8.59. The van der Waals surface area contributed by atoms with E-state index in [-0.39, 0.29) is 11.5 Å². The summed E-state index contributed by atoms with van der Waals surface area (Å²) in [4.78, 5) is 0.251. The normalized spacial score (nSPS) is 11.0. The molecule has 2 aromatic rings. The van der Waals surface area contributed by atoms with Gasteiger partial charge >= 0.3 is 0 Å². The average molecular weight is 200 g/mol. The molecule has 0 atom stereocenters. The molecule has 0 fully saturated rings. The fourth-order valence-electron chi connectivity index (χ4n) is 1.19. The second-order valence-electron chi connectivity index (χ2n) is 2.64. The number of aliphatic hydroxyl groups excluding tert-OH is 1. The Morgan fingerprint density at radius 2 is 2.08 bits per heavy atom. The van der Waals surface area contributed by atoms with Crippen molar-refractivity contribution in [3.63, 3.8) is 0 Å². The molecule has 0 spiro atoms. The van der Waals surface area contributed by atoms with Crippen molar-refractivity contribution in [1.82, 2.24) is 0 Å². The summed E-state index contributed by atoms with van der Waals surface area (Å²) in [5, 5.41) is 9.14. The van der Waals surface area contributed by atoms with Gasteiger partial charge in [-0.1, -0.05) is 0 Å². The van der Waals surface area contributed by atoms with Crippen LogP contribution in [0.2, 0.25) is 0 Å². The number of thiophene rings is 1. The second kappa shape index (κ2) is 3.05. The minimum absolute atomic E-state index is 0.251. The van der Waals surface area contributed by atoms with Crippen LogP contribution in [0.1, 0.15) is 4.88 Å². The molecule has 2 rings (SSSR count). The smallest absolute Gasteiger partial charge is 0.147 e. The summed E-state index contributed by atoms with van der Waals surface area (Å²) in [6.45, 7) is -0.340. The summed E-state index contributed by atoms with van der Waals surface area (Å²) < 4.78 is 26.5. The first-order valence-corrected chi connectivity index (χ1v) is 4.51. The van der Waals surface area contributed by atoms with Crippen LogP contribution in [-0.2, 0) is 6.61 Å². The van der Waals surface area contributed by atoms with Crippen molar-refractivity contribution in [3.05, 3.63) is 34.7 Å². The number of fused-ring (bicyclic) bond motifs is 1. The lowest BCUT2D eigenvalue weighted by Crippen LogP contribution is -1.80. The molecule has 0 saturated carbocycles. The van der Waals surface area contributed by atoms with E-state index in [2.05, 4.69) is 0 Å². The highest BCUT2D eigenvalue weighted by Crippen LogP contribution is 2.30. The number of hydrogen-bond acceptors (Lipinski definition) is 2. The number of rotatable bonds is 1. The predicted molar refractivity (Wildman–Crippen MR) is 47.7 cm³/mol. The van der Waals surface area contributed by atoms with Crippen molar-refractivity contribution in [2.45, 2.75) is 6.61 Å². The Balaban J connectivity index is 2.76. The van der Waals surface area contributed by atoms with E-state index in [1.54, 1.807) is 0 Å². The van der Waals surface area contributed by atoms with Crippen LogP contribution in [0.25, 0.3) is 10.1 Å². The van der Waals surface area contributed by atoms with Crippen molar-refractivity contribution >= 4 is 21.4 Å². The average Bonchev–Trinajstić information content (AvgIpc) is 2.42. The van der Waals surface area contributed by atoms with E-state index in [1.807, 2.05) is 0 Å². The summed E-state index contributed by atoms with van der Waals surface area (Å²) in [5.74, 6) is -0.833. The summed E-state index contributed by atoms with van der Waals surface area (Å²) in [6, 6.07) is 3.86. The van der Waals surface area contributed by atoms with Crippen LogP contribution in [0.3, 0.4) is 0 Å². The summed E-state index contributed by atoms with van der Waals surface area (Å²) in [5.41, 5.74) is 0. The van der Waals surface area contributed by atoms with Crippen LogP contribution in [-0.4, -0.2) is 5.11 Å². The largest absolute Gasteiger partial charge is 0.391 e. The highest BCUT2D eigenvalue weighted by molar-refractivity contribution is 7.19. The van der Waals surface area contributed by atoms with Gasteiger partial charge in [0.1, 0.15) is 11.6 Å². The lowest BCUT2D eigenvalue weighted by molar-refractivity contribution is 0.280. The molecule has 1 heterocycles. The highest BCUT2D eigenvalue weighted by Gasteiger charge is 2.10. The molecular formula is C9H6F2OS. The van der Waals surface area contributed by atoms with Gasteiger partial charge in [-0.2, -0.15) is 0 Å². The quantitative estimate of drug-likeness (QED) is 0.750. The third kappa shape index (κ3) is 1.32. The van der Waals surface area contributed by atoms with Crippen LogP contribution < -0.4 is 0 Å². The lowest BCUT2D eigenvalue weighted by atomic mass is 10.2. The molecule has 0 unspecified atom stereocenters. The zero-order valence-electron chi connectivity index (χ0n) is 6.55. The van der Waals surface area contributed by atoms with Gasteiger partial charge in [-0.15, -0.1) is 11.3 Å². The SMILES string of the molecule is OCc1sc2cc(F)ccc2c1F. The Kier molecular flexibility index (Phi) is 2.01. The van der Waals surface area contributed by atoms with Crippen LogP contribution in [0.15, 0.2) is 18.2 Å². The van der Waals surface area contributed by atoms with E-state index in [1.165, 1.54) is 18.2 Å². The monoisotopic (exact) mass is 200 g/mol. The maximum absolute atomic E-state index is 13.3. The minimum atomic E-state index is -0.442. The molecule has 0 aliphatic heterocycles. The lowest BCUT2D eigenvalue weighted by Gasteiger charge is -1.88. The van der Waals surface area contributed by atoms with Crippen LogP contribution in [0, 0.1) is 11.6 Å². The molecule has 0 radical (unpaired) electrons. The summed E-state index contributed by atoms with van der Waals surface area (Å²) in [7, 11) is 0. The van der Waals surface area contributed by atoms with Crippen LogP contribution in [0.4, 0.5) is 8.78 Å². The zero-order chi connectivity index (χ0) is 9.42. The number of aliphatic hydroxyl groups is 1. The molecule has 0 bridgehead atoms. The first-order valence-electron chi connectivity index (χ1n) is 3.69. The van der Waals surface area contributed by atoms with Crippen molar-refractivity contribution in [2.24, 2.45) is 0 Å². The molecule has 0 saturated heterocycles. The van der Waals surface area contributed by atoms with Gasteiger partial charge in [0.15, 0.2) is 0 Å². The van der Waals surface area contributed by atoms with E-state index in [0.717, 1.165) is 11.3 Å². The third-order valence-electron chi connectivity index (χ3n) is 1.80. The van der Waals surface area contributed by atoms with E-state index >= 15 is 0 Å². The Morgan fingerprint density at radius 3 is 2.77 bits per heavy atom. The summed E-state index contributed by atoms with van der Waals surface area (Å²) in [6.07, 6.45) is 0. The van der Waals surface area contributed by atoms with E-state index in [0.29, 0.717) is 10.1 Å². The third-order valence-corrected chi connectivity index (χ3v) is 2.91. The molecule has 1 nitrogen and oxygen atoms in total. The van der Waals surface area contributed by atoms with Gasteiger partial charge in [-0.05, 0) is 18.2 Å². The molecule has 1 aromatic heterocycles. The fourth-order valence-corrected chi connectivity index (χ4v) is 2.16. The van der Waals surface area contributed by atoms with Crippen LogP contribution in [0.5, 0.6) is 0 Å². The molecule has 0 amide bonds. The van der Waals surface area contributed by atoms with Gasteiger partial charge < -0.3 is 5.11 Å². The maximum Gasteiger partial charge on any atom is 0.147 e. The number of hydrogen-bond donors (Lipinski definition) is 1. The number of halogens is 2. The standard InChI is InChI=1S/C9H6F2OS/c10-5-1-2-6-7(3-5)13-8(4-12)9(6)11/h1-3,12H,4H2. The van der Waals surface area contributed by atoms with Gasteiger partial charge in [0.25, 0.3) is 0 Å². The molecule has 1 N–H and O–H groups in total. The molecule has 1 aromatic carbocycles. The van der Waals surface area contributed by atoms with Crippen molar-refractivity contribution in [3.8, 4) is 0 Å². The van der Waals surface area contributed by atoms with Gasteiger partial charge in [0.05, 0.1) is 11.5 Å². The molecule has 0 aliphatic carbocycles. The van der Waals surface area contributed by atoms with Crippen LogP contribution >= 0.6 is 11.3 Å². The maximum atomic E-state index is 13.3. The Labute approximate surface area is 77.2 Å². The van der Waals surface area contributed by atoms with Gasteiger partial charge in [-0.3, -0.25) is 0 Å². The summed E-state index contributed by atoms with van der Waals surface area (Å²) >= 11 is 1.07. The Bertz CT molecular complexity index is 450. The predicted octanol–water partition coefficient (Wildman–Crippen LogP) is 2.67.